The van der Waals surface area contributed by atoms with Crippen LogP contribution in [-0.4, -0.2) is 23.8 Å². The van der Waals surface area contributed by atoms with E-state index in [1.54, 1.807) is 53.1 Å². The molecule has 0 fully saturated rings. The van der Waals surface area contributed by atoms with E-state index in [2.05, 4.69) is 0 Å². The highest BCUT2D eigenvalue weighted by Gasteiger charge is 2.21. The summed E-state index contributed by atoms with van der Waals surface area (Å²) in [7, 11) is 3.16. The largest absolute Gasteiger partial charge is 0.495 e. The molecule has 34 heavy (non-hydrogen) atoms. The molecule has 0 atom stereocenters. The number of carbonyl (C=O) groups excluding carboxylic acids is 1. The summed E-state index contributed by atoms with van der Waals surface area (Å²) < 4.78 is 32.9. The summed E-state index contributed by atoms with van der Waals surface area (Å²) in [5, 5.41) is 0. The maximum Gasteiger partial charge on any atom is 0.310 e. The molecule has 2 aromatic carbocycles. The van der Waals surface area contributed by atoms with Crippen molar-refractivity contribution in [2.24, 2.45) is 7.05 Å². The van der Waals surface area contributed by atoms with Crippen LogP contribution in [0.25, 0.3) is 11.1 Å². The third-order valence-electron chi connectivity index (χ3n) is 5.17. The predicted octanol–water partition coefficient (Wildman–Crippen LogP) is 5.71. The molecule has 8 heteroatoms. The van der Waals surface area contributed by atoms with E-state index in [9.17, 15) is 14.0 Å². The van der Waals surface area contributed by atoms with Crippen molar-refractivity contribution in [2.75, 3.05) is 7.11 Å². The number of nitrogens with zero attached hydrogens (tertiary/aromatic N) is 1. The first-order chi connectivity index (χ1) is 16.0. The highest BCUT2D eigenvalue weighted by atomic mass is 127. The highest BCUT2D eigenvalue weighted by Crippen LogP contribution is 2.41. The van der Waals surface area contributed by atoms with Gasteiger partial charge in [-0.1, -0.05) is 6.07 Å². The van der Waals surface area contributed by atoms with Crippen LogP contribution in [0.1, 0.15) is 30.5 Å². The molecule has 0 bridgehead atoms. The standard InChI is InChI=1S/C26H27FINO5/c1-14(2)33-22(30)12-17-7-8-21(34-24-15(3)9-18(27)10-16(24)4)19(11-17)20-13-29(5)26(31)23(28)25(20)32-6/h7-11,13-14H,12H2,1-6H3. The normalized spacial score (nSPS) is 11.0. The van der Waals surface area contributed by atoms with Crippen LogP contribution < -0.4 is 15.0 Å². The lowest BCUT2D eigenvalue weighted by atomic mass is 10.0. The zero-order valence-electron chi connectivity index (χ0n) is 20.0. The summed E-state index contributed by atoms with van der Waals surface area (Å²) in [5.74, 6) is 0.736. The number of halogens is 2. The van der Waals surface area contributed by atoms with Gasteiger partial charge in [-0.3, -0.25) is 9.59 Å². The van der Waals surface area contributed by atoms with E-state index < -0.39 is 0 Å². The average Bonchev–Trinajstić information content (AvgIpc) is 2.74. The summed E-state index contributed by atoms with van der Waals surface area (Å²) in [5.41, 5.74) is 3.07. The molecule has 3 aromatic rings. The molecule has 0 radical (unpaired) electrons. The Bertz CT molecular complexity index is 1280. The Morgan fingerprint density at radius 2 is 1.74 bits per heavy atom. The second-order valence-corrected chi connectivity index (χ2v) is 9.40. The van der Waals surface area contributed by atoms with Crippen molar-refractivity contribution < 1.29 is 23.4 Å². The number of pyridine rings is 1. The van der Waals surface area contributed by atoms with Gasteiger partial charge in [-0.2, -0.15) is 0 Å². The van der Waals surface area contributed by atoms with E-state index in [1.807, 2.05) is 28.7 Å². The molecule has 0 aliphatic heterocycles. The number of methoxy groups -OCH3 is 1. The van der Waals surface area contributed by atoms with Gasteiger partial charge in [0.2, 0.25) is 0 Å². The summed E-state index contributed by atoms with van der Waals surface area (Å²) in [6.45, 7) is 7.14. The van der Waals surface area contributed by atoms with E-state index in [0.29, 0.717) is 48.6 Å². The Labute approximate surface area is 211 Å². The number of aromatic nitrogens is 1. The van der Waals surface area contributed by atoms with Crippen LogP contribution in [0.4, 0.5) is 4.39 Å². The molecule has 0 spiro atoms. The molecule has 0 saturated carbocycles. The number of rotatable bonds is 7. The van der Waals surface area contributed by atoms with Crippen molar-refractivity contribution in [3.63, 3.8) is 0 Å². The van der Waals surface area contributed by atoms with Crippen molar-refractivity contribution in [1.82, 2.24) is 4.57 Å². The minimum Gasteiger partial charge on any atom is -0.495 e. The Balaban J connectivity index is 2.20. The number of aryl methyl sites for hydroxylation is 3. The van der Waals surface area contributed by atoms with Crippen molar-refractivity contribution in [3.8, 4) is 28.4 Å². The zero-order chi connectivity index (χ0) is 25.2. The summed E-state index contributed by atoms with van der Waals surface area (Å²) in [4.78, 5) is 24.8. The minimum absolute atomic E-state index is 0.0746. The Morgan fingerprint density at radius 3 is 2.32 bits per heavy atom. The van der Waals surface area contributed by atoms with Crippen LogP contribution in [0, 0.1) is 23.2 Å². The van der Waals surface area contributed by atoms with E-state index in [1.165, 1.54) is 23.8 Å². The van der Waals surface area contributed by atoms with E-state index in [-0.39, 0.29) is 29.9 Å². The number of esters is 1. The van der Waals surface area contributed by atoms with Gasteiger partial charge < -0.3 is 18.8 Å². The molecule has 3 rings (SSSR count). The van der Waals surface area contributed by atoms with Gasteiger partial charge in [0, 0.05) is 24.4 Å². The third-order valence-corrected chi connectivity index (χ3v) is 6.12. The number of carbonyl (C=O) groups is 1. The SMILES string of the molecule is COc1c(-c2cc(CC(=O)OC(C)C)ccc2Oc2c(C)cc(F)cc2C)cn(C)c(=O)c1I. The number of benzene rings is 2. The molecule has 0 amide bonds. The summed E-state index contributed by atoms with van der Waals surface area (Å²) in [6, 6.07) is 8.19. The maximum atomic E-state index is 13.8. The lowest BCUT2D eigenvalue weighted by molar-refractivity contribution is -0.146. The molecular formula is C26H27FINO5. The van der Waals surface area contributed by atoms with Crippen molar-refractivity contribution >= 4 is 28.6 Å². The Hall–Kier alpha value is -2.88. The van der Waals surface area contributed by atoms with Gasteiger partial charge in [-0.25, -0.2) is 4.39 Å². The molecule has 0 aliphatic rings. The molecule has 0 unspecified atom stereocenters. The number of ether oxygens (including phenoxy) is 3. The summed E-state index contributed by atoms with van der Waals surface area (Å²) >= 11 is 1.96. The van der Waals surface area contributed by atoms with Gasteiger partial charge in [0.05, 0.1) is 19.6 Å². The van der Waals surface area contributed by atoms with Crippen LogP contribution in [0.15, 0.2) is 41.3 Å². The Morgan fingerprint density at radius 1 is 1.09 bits per heavy atom. The monoisotopic (exact) mass is 579 g/mol. The fourth-order valence-corrected chi connectivity index (χ4v) is 4.59. The van der Waals surface area contributed by atoms with Crippen molar-refractivity contribution in [1.29, 1.82) is 0 Å². The van der Waals surface area contributed by atoms with Crippen LogP contribution in [-0.2, 0) is 23.0 Å². The van der Waals surface area contributed by atoms with Gasteiger partial charge in [0.15, 0.2) is 0 Å². The molecule has 0 saturated heterocycles. The van der Waals surface area contributed by atoms with E-state index in [4.69, 9.17) is 14.2 Å². The molecule has 1 aromatic heterocycles. The fourth-order valence-electron chi connectivity index (χ4n) is 3.70. The highest BCUT2D eigenvalue weighted by molar-refractivity contribution is 14.1. The van der Waals surface area contributed by atoms with Gasteiger partial charge in [0.25, 0.3) is 5.56 Å². The fraction of sp³-hybridized carbons (Fsp3) is 0.308. The molecule has 6 nitrogen and oxygen atoms in total. The second-order valence-electron chi connectivity index (χ2n) is 8.32. The third kappa shape index (κ3) is 5.60. The van der Waals surface area contributed by atoms with Crippen LogP contribution >= 0.6 is 22.6 Å². The number of hydrogen-bond donors (Lipinski definition) is 0. The second kappa shape index (κ2) is 10.6. The maximum absolute atomic E-state index is 13.8. The first-order valence-electron chi connectivity index (χ1n) is 10.7. The quantitative estimate of drug-likeness (QED) is 0.265. The Kier molecular flexibility index (Phi) is 8.01. The zero-order valence-corrected chi connectivity index (χ0v) is 22.2. The van der Waals surface area contributed by atoms with Crippen molar-refractivity contribution in [2.45, 2.75) is 40.2 Å². The van der Waals surface area contributed by atoms with Crippen LogP contribution in [0.3, 0.4) is 0 Å². The van der Waals surface area contributed by atoms with Gasteiger partial charge in [-0.15, -0.1) is 0 Å². The van der Waals surface area contributed by atoms with Gasteiger partial charge in [-0.05, 0) is 91.2 Å². The van der Waals surface area contributed by atoms with Gasteiger partial charge in [0.1, 0.15) is 26.6 Å². The predicted molar refractivity (Wildman–Crippen MR) is 137 cm³/mol. The van der Waals surface area contributed by atoms with Crippen LogP contribution in [0.2, 0.25) is 0 Å². The number of hydrogen-bond acceptors (Lipinski definition) is 5. The van der Waals surface area contributed by atoms with E-state index in [0.717, 1.165) is 0 Å². The van der Waals surface area contributed by atoms with Crippen LogP contribution in [0.5, 0.6) is 17.2 Å². The molecular weight excluding hydrogens is 552 g/mol. The average molecular weight is 579 g/mol. The summed E-state index contributed by atoms with van der Waals surface area (Å²) in [6.07, 6.45) is 1.53. The molecule has 1 heterocycles. The topological polar surface area (TPSA) is 66.8 Å². The minimum atomic E-state index is -0.346. The molecule has 0 N–H and O–H groups in total. The molecule has 180 valence electrons. The lowest BCUT2D eigenvalue weighted by Gasteiger charge is -2.19. The lowest BCUT2D eigenvalue weighted by Crippen LogP contribution is -2.20. The first-order valence-corrected chi connectivity index (χ1v) is 11.8. The van der Waals surface area contributed by atoms with E-state index >= 15 is 0 Å². The van der Waals surface area contributed by atoms with Crippen molar-refractivity contribution in [3.05, 3.63) is 73.0 Å². The molecule has 0 aliphatic carbocycles. The van der Waals surface area contributed by atoms with Gasteiger partial charge >= 0.3 is 5.97 Å². The first kappa shape index (κ1) is 25.7. The smallest absolute Gasteiger partial charge is 0.310 e.